The first-order valence-corrected chi connectivity index (χ1v) is 4.49. The van der Waals surface area contributed by atoms with Gasteiger partial charge in [0.15, 0.2) is 0 Å². The number of amides is 1. The highest BCUT2D eigenvalue weighted by atomic mass is 16.2. The van der Waals surface area contributed by atoms with Gasteiger partial charge in [0, 0.05) is 19.8 Å². The van der Waals surface area contributed by atoms with Gasteiger partial charge in [0.1, 0.15) is 5.82 Å². The third kappa shape index (κ3) is 3.01. The van der Waals surface area contributed by atoms with Crippen molar-refractivity contribution in [2.45, 2.75) is 6.92 Å². The van der Waals surface area contributed by atoms with Gasteiger partial charge in [-0.25, -0.2) is 0 Å². The maximum Gasteiger partial charge on any atom is 0.241 e. The molecular weight excluding hydrogens is 180 g/mol. The topological polar surface area (TPSA) is 58.1 Å². The van der Waals surface area contributed by atoms with Gasteiger partial charge in [-0.2, -0.15) is 5.10 Å². The Morgan fingerprint density at radius 2 is 2.43 bits per heavy atom. The highest BCUT2D eigenvalue weighted by Gasteiger charge is 2.05. The van der Waals surface area contributed by atoms with Gasteiger partial charge >= 0.3 is 0 Å². The number of anilines is 1. The van der Waals surface area contributed by atoms with Crippen LogP contribution in [0.5, 0.6) is 0 Å². The molecule has 1 N–H and O–H groups in total. The Bertz CT molecular complexity index is 288. The highest BCUT2D eigenvalue weighted by molar-refractivity contribution is 5.80. The van der Waals surface area contributed by atoms with Gasteiger partial charge in [-0.05, 0) is 19.1 Å². The van der Waals surface area contributed by atoms with E-state index in [-0.39, 0.29) is 12.5 Å². The second-order valence-electron chi connectivity index (χ2n) is 2.87. The highest BCUT2D eigenvalue weighted by Crippen LogP contribution is 1.97. The summed E-state index contributed by atoms with van der Waals surface area (Å²) in [6, 6.07) is 3.54. The molecule has 0 saturated carbocycles. The molecular formula is C9H14N4O. The third-order valence-electron chi connectivity index (χ3n) is 1.89. The molecule has 0 aliphatic heterocycles. The van der Waals surface area contributed by atoms with Gasteiger partial charge in [0.2, 0.25) is 5.91 Å². The van der Waals surface area contributed by atoms with Gasteiger partial charge < -0.3 is 10.2 Å². The molecule has 1 heterocycles. The number of nitrogens with zero attached hydrogens (tertiary/aromatic N) is 3. The molecule has 1 aromatic rings. The summed E-state index contributed by atoms with van der Waals surface area (Å²) in [6.45, 7) is 2.89. The minimum Gasteiger partial charge on any atom is -0.360 e. The molecule has 0 aliphatic rings. The number of nitrogens with one attached hydrogen (secondary N) is 1. The van der Waals surface area contributed by atoms with E-state index in [1.54, 1.807) is 30.3 Å². The van der Waals surface area contributed by atoms with E-state index in [9.17, 15) is 4.79 Å². The van der Waals surface area contributed by atoms with Crippen LogP contribution in [0.3, 0.4) is 0 Å². The SMILES string of the molecule is CCN(C)C(=O)CNc1cccnn1. The van der Waals surface area contributed by atoms with Crippen LogP contribution >= 0.6 is 0 Å². The molecule has 5 nitrogen and oxygen atoms in total. The lowest BCUT2D eigenvalue weighted by molar-refractivity contribution is -0.127. The van der Waals surface area contributed by atoms with E-state index in [1.165, 1.54) is 0 Å². The quantitative estimate of drug-likeness (QED) is 0.752. The van der Waals surface area contributed by atoms with Crippen molar-refractivity contribution in [2.75, 3.05) is 25.5 Å². The number of aromatic nitrogens is 2. The van der Waals surface area contributed by atoms with Crippen molar-refractivity contribution in [3.8, 4) is 0 Å². The van der Waals surface area contributed by atoms with Crippen LogP contribution in [0.2, 0.25) is 0 Å². The predicted molar refractivity (Wildman–Crippen MR) is 53.8 cm³/mol. The maximum atomic E-state index is 11.4. The van der Waals surface area contributed by atoms with Crippen LogP contribution in [-0.4, -0.2) is 41.1 Å². The van der Waals surface area contributed by atoms with Crippen molar-refractivity contribution in [3.05, 3.63) is 18.3 Å². The van der Waals surface area contributed by atoms with E-state index in [2.05, 4.69) is 15.5 Å². The zero-order valence-electron chi connectivity index (χ0n) is 8.40. The Kier molecular flexibility index (Phi) is 3.84. The minimum absolute atomic E-state index is 0.0400. The Hall–Kier alpha value is -1.65. The van der Waals surface area contributed by atoms with Crippen molar-refractivity contribution in [3.63, 3.8) is 0 Å². The molecule has 0 aromatic carbocycles. The van der Waals surface area contributed by atoms with Crippen molar-refractivity contribution in [1.82, 2.24) is 15.1 Å². The fraction of sp³-hybridized carbons (Fsp3) is 0.444. The summed E-state index contributed by atoms with van der Waals surface area (Å²) in [4.78, 5) is 13.0. The van der Waals surface area contributed by atoms with E-state index in [0.717, 1.165) is 0 Å². The minimum atomic E-state index is 0.0400. The summed E-state index contributed by atoms with van der Waals surface area (Å²) in [6.07, 6.45) is 1.59. The molecule has 0 radical (unpaired) electrons. The molecule has 0 aliphatic carbocycles. The van der Waals surface area contributed by atoms with Gasteiger partial charge in [0.25, 0.3) is 0 Å². The predicted octanol–water partition coefficient (Wildman–Crippen LogP) is 0.367. The zero-order valence-corrected chi connectivity index (χ0v) is 8.40. The molecule has 0 saturated heterocycles. The summed E-state index contributed by atoms with van der Waals surface area (Å²) in [5.74, 6) is 0.656. The van der Waals surface area contributed by atoms with E-state index in [0.29, 0.717) is 12.4 Å². The number of hydrogen-bond acceptors (Lipinski definition) is 4. The molecule has 5 heteroatoms. The molecule has 76 valence electrons. The first kappa shape index (κ1) is 10.4. The summed E-state index contributed by atoms with van der Waals surface area (Å²) in [5, 5.41) is 10.4. The van der Waals surface area contributed by atoms with Crippen molar-refractivity contribution in [1.29, 1.82) is 0 Å². The molecule has 0 bridgehead atoms. The van der Waals surface area contributed by atoms with Crippen LogP contribution < -0.4 is 5.32 Å². The average Bonchev–Trinajstić information content (AvgIpc) is 2.26. The molecule has 1 amide bonds. The van der Waals surface area contributed by atoms with E-state index in [4.69, 9.17) is 0 Å². The number of likely N-dealkylation sites (N-methyl/N-ethyl adjacent to an activating group) is 1. The monoisotopic (exact) mass is 194 g/mol. The Morgan fingerprint density at radius 1 is 1.64 bits per heavy atom. The molecule has 0 atom stereocenters. The number of rotatable bonds is 4. The van der Waals surface area contributed by atoms with Crippen molar-refractivity contribution >= 4 is 11.7 Å². The van der Waals surface area contributed by atoms with Crippen LogP contribution in [0, 0.1) is 0 Å². The lowest BCUT2D eigenvalue weighted by atomic mass is 10.4. The van der Waals surface area contributed by atoms with Crippen LogP contribution in [0.1, 0.15) is 6.92 Å². The summed E-state index contributed by atoms with van der Waals surface area (Å²) in [7, 11) is 1.76. The second kappa shape index (κ2) is 5.16. The van der Waals surface area contributed by atoms with E-state index < -0.39 is 0 Å². The first-order valence-electron chi connectivity index (χ1n) is 4.49. The smallest absolute Gasteiger partial charge is 0.241 e. The van der Waals surface area contributed by atoms with E-state index >= 15 is 0 Å². The Labute approximate surface area is 83.1 Å². The summed E-state index contributed by atoms with van der Waals surface area (Å²) < 4.78 is 0. The van der Waals surface area contributed by atoms with Gasteiger partial charge in [0.05, 0.1) is 6.54 Å². The number of carbonyl (C=O) groups is 1. The molecule has 1 rings (SSSR count). The summed E-state index contributed by atoms with van der Waals surface area (Å²) in [5.41, 5.74) is 0. The van der Waals surface area contributed by atoms with Crippen LogP contribution in [0.4, 0.5) is 5.82 Å². The number of carbonyl (C=O) groups excluding carboxylic acids is 1. The average molecular weight is 194 g/mol. The molecule has 1 aromatic heterocycles. The Morgan fingerprint density at radius 3 is 3.00 bits per heavy atom. The lowest BCUT2D eigenvalue weighted by Crippen LogP contribution is -2.32. The van der Waals surface area contributed by atoms with Crippen molar-refractivity contribution < 1.29 is 4.79 Å². The maximum absolute atomic E-state index is 11.4. The van der Waals surface area contributed by atoms with Crippen molar-refractivity contribution in [2.24, 2.45) is 0 Å². The third-order valence-corrected chi connectivity index (χ3v) is 1.89. The second-order valence-corrected chi connectivity index (χ2v) is 2.87. The van der Waals surface area contributed by atoms with Crippen LogP contribution in [-0.2, 0) is 4.79 Å². The van der Waals surface area contributed by atoms with Gasteiger partial charge in [-0.1, -0.05) is 0 Å². The summed E-state index contributed by atoms with van der Waals surface area (Å²) >= 11 is 0. The first-order chi connectivity index (χ1) is 6.74. The zero-order chi connectivity index (χ0) is 10.4. The Balaban J connectivity index is 2.38. The molecule has 14 heavy (non-hydrogen) atoms. The van der Waals surface area contributed by atoms with Crippen LogP contribution in [0.25, 0.3) is 0 Å². The number of hydrogen-bond donors (Lipinski definition) is 1. The fourth-order valence-corrected chi connectivity index (χ4v) is 0.873. The standard InChI is InChI=1S/C9H14N4O/c1-3-13(2)9(14)7-10-8-5-4-6-11-12-8/h4-6H,3,7H2,1-2H3,(H,10,12). The fourth-order valence-electron chi connectivity index (χ4n) is 0.873. The van der Waals surface area contributed by atoms with E-state index in [1.807, 2.05) is 6.92 Å². The largest absolute Gasteiger partial charge is 0.360 e. The normalized spacial score (nSPS) is 9.57. The van der Waals surface area contributed by atoms with Gasteiger partial charge in [-0.3, -0.25) is 4.79 Å². The van der Waals surface area contributed by atoms with Gasteiger partial charge in [-0.15, -0.1) is 5.10 Å². The molecule has 0 unspecified atom stereocenters. The molecule has 0 spiro atoms. The molecule has 0 fully saturated rings. The lowest BCUT2D eigenvalue weighted by Gasteiger charge is -2.14. The van der Waals surface area contributed by atoms with Crippen LogP contribution in [0.15, 0.2) is 18.3 Å².